The maximum Gasteiger partial charge on any atom is 0.296 e. The van der Waals surface area contributed by atoms with E-state index in [-0.39, 0.29) is 11.2 Å². The van der Waals surface area contributed by atoms with Crippen molar-refractivity contribution in [2.45, 2.75) is 39.2 Å². The highest BCUT2D eigenvalue weighted by Crippen LogP contribution is 2.26. The van der Waals surface area contributed by atoms with Crippen LogP contribution in [0.3, 0.4) is 0 Å². The highest BCUT2D eigenvalue weighted by Gasteiger charge is 2.22. The second-order valence-electron chi connectivity index (χ2n) is 4.82. The van der Waals surface area contributed by atoms with Crippen molar-refractivity contribution in [2.24, 2.45) is 0 Å². The zero-order chi connectivity index (χ0) is 14.0. The van der Waals surface area contributed by atoms with Gasteiger partial charge in [0.05, 0.1) is 4.92 Å². The van der Waals surface area contributed by atoms with Gasteiger partial charge in [0.15, 0.2) is 5.58 Å². The fourth-order valence-electron chi connectivity index (χ4n) is 1.77. The Morgan fingerprint density at radius 3 is 2.68 bits per heavy atom. The van der Waals surface area contributed by atoms with E-state index in [9.17, 15) is 10.1 Å². The molecule has 1 N–H and O–H groups in total. The molecule has 2 rings (SSSR count). The van der Waals surface area contributed by atoms with Crippen LogP contribution in [0.25, 0.3) is 11.1 Å². The van der Waals surface area contributed by atoms with Gasteiger partial charge in [-0.05, 0) is 25.8 Å². The second kappa shape index (κ2) is 4.87. The van der Waals surface area contributed by atoms with Gasteiger partial charge in [-0.15, -0.1) is 0 Å². The number of rotatable bonds is 5. The molecule has 0 spiro atoms. The third-order valence-corrected chi connectivity index (χ3v) is 3.55. The van der Waals surface area contributed by atoms with E-state index in [1.807, 2.05) is 0 Å². The van der Waals surface area contributed by atoms with Crippen LogP contribution in [0.5, 0.6) is 0 Å². The van der Waals surface area contributed by atoms with Gasteiger partial charge in [-0.2, -0.15) is 4.98 Å². The van der Waals surface area contributed by atoms with E-state index in [0.29, 0.717) is 17.1 Å². The zero-order valence-electron chi connectivity index (χ0n) is 11.3. The topological polar surface area (TPSA) is 81.2 Å². The molecule has 0 aliphatic carbocycles. The lowest BCUT2D eigenvalue weighted by Crippen LogP contribution is -2.33. The Morgan fingerprint density at radius 2 is 2.11 bits per heavy atom. The predicted molar refractivity (Wildman–Crippen MR) is 73.3 cm³/mol. The molecule has 0 radical (unpaired) electrons. The van der Waals surface area contributed by atoms with Gasteiger partial charge in [-0.1, -0.05) is 13.8 Å². The van der Waals surface area contributed by atoms with Crippen molar-refractivity contribution in [3.05, 3.63) is 28.3 Å². The van der Waals surface area contributed by atoms with Crippen LogP contribution < -0.4 is 5.32 Å². The lowest BCUT2D eigenvalue weighted by Gasteiger charge is -2.26. The van der Waals surface area contributed by atoms with Crippen molar-refractivity contribution in [2.75, 3.05) is 5.32 Å². The zero-order valence-corrected chi connectivity index (χ0v) is 11.3. The SMILES string of the molecule is CCC(C)(CC)Nc1nc2cc([N+](=O)[O-])ccc2o1. The van der Waals surface area contributed by atoms with E-state index in [1.165, 1.54) is 12.1 Å². The Labute approximate surface area is 111 Å². The van der Waals surface area contributed by atoms with Crippen molar-refractivity contribution in [3.8, 4) is 0 Å². The summed E-state index contributed by atoms with van der Waals surface area (Å²) in [7, 11) is 0. The number of non-ortho nitro benzene ring substituents is 1. The molecule has 0 amide bonds. The Balaban J connectivity index is 2.34. The van der Waals surface area contributed by atoms with E-state index in [1.54, 1.807) is 6.07 Å². The molecule has 102 valence electrons. The molecule has 0 aliphatic rings. The molecule has 0 fully saturated rings. The van der Waals surface area contributed by atoms with Crippen molar-refractivity contribution in [1.82, 2.24) is 4.98 Å². The molecule has 2 aromatic rings. The Bertz CT molecular complexity index is 602. The van der Waals surface area contributed by atoms with Crippen LogP contribution in [0.4, 0.5) is 11.7 Å². The normalized spacial score (nSPS) is 11.7. The van der Waals surface area contributed by atoms with Crippen LogP contribution in [-0.2, 0) is 0 Å². The number of nitrogens with zero attached hydrogens (tertiary/aromatic N) is 2. The summed E-state index contributed by atoms with van der Waals surface area (Å²) < 4.78 is 5.56. The molecule has 1 heterocycles. The summed E-state index contributed by atoms with van der Waals surface area (Å²) in [5.41, 5.74) is 0.960. The summed E-state index contributed by atoms with van der Waals surface area (Å²) >= 11 is 0. The van der Waals surface area contributed by atoms with Crippen LogP contribution in [0.1, 0.15) is 33.6 Å². The molecule has 19 heavy (non-hydrogen) atoms. The minimum atomic E-state index is -0.441. The maximum absolute atomic E-state index is 10.7. The number of fused-ring (bicyclic) bond motifs is 1. The predicted octanol–water partition coefficient (Wildman–Crippen LogP) is 3.73. The molecule has 0 saturated heterocycles. The summed E-state index contributed by atoms with van der Waals surface area (Å²) in [5.74, 6) is 0. The first-order valence-electron chi connectivity index (χ1n) is 6.30. The number of nitrogens with one attached hydrogen (secondary N) is 1. The standard InChI is InChI=1S/C13H17N3O3/c1-4-13(3,5-2)15-12-14-10-8-9(16(17)18)6-7-11(10)19-12/h6-8H,4-5H2,1-3H3,(H,14,15). The number of oxazole rings is 1. The second-order valence-corrected chi connectivity index (χ2v) is 4.82. The molecule has 6 heteroatoms. The number of nitro benzene ring substituents is 1. The number of benzene rings is 1. The molecule has 0 aliphatic heterocycles. The summed E-state index contributed by atoms with van der Waals surface area (Å²) in [5, 5.41) is 13.9. The third-order valence-electron chi connectivity index (χ3n) is 3.55. The van der Waals surface area contributed by atoms with Gasteiger partial charge in [0.2, 0.25) is 0 Å². The Hall–Kier alpha value is -2.11. The first kappa shape index (κ1) is 13.3. The van der Waals surface area contributed by atoms with E-state index in [2.05, 4.69) is 31.1 Å². The fraction of sp³-hybridized carbons (Fsp3) is 0.462. The number of hydrogen-bond acceptors (Lipinski definition) is 5. The molecule has 0 saturated carbocycles. The number of anilines is 1. The molecular weight excluding hydrogens is 246 g/mol. The summed E-state index contributed by atoms with van der Waals surface area (Å²) in [6.07, 6.45) is 1.87. The molecule has 6 nitrogen and oxygen atoms in total. The van der Waals surface area contributed by atoms with Crippen LogP contribution >= 0.6 is 0 Å². The van der Waals surface area contributed by atoms with E-state index >= 15 is 0 Å². The largest absolute Gasteiger partial charge is 0.424 e. The van der Waals surface area contributed by atoms with Crippen molar-refractivity contribution in [1.29, 1.82) is 0 Å². The third kappa shape index (κ3) is 2.67. The minimum Gasteiger partial charge on any atom is -0.424 e. The average Bonchev–Trinajstić information content (AvgIpc) is 2.79. The molecular formula is C13H17N3O3. The number of nitro groups is 1. The van der Waals surface area contributed by atoms with Gasteiger partial charge in [-0.3, -0.25) is 10.1 Å². The maximum atomic E-state index is 10.7. The minimum absolute atomic E-state index is 0.0149. The van der Waals surface area contributed by atoms with Gasteiger partial charge in [0, 0.05) is 17.7 Å². The van der Waals surface area contributed by atoms with Gasteiger partial charge in [0.1, 0.15) is 5.52 Å². The lowest BCUT2D eigenvalue weighted by molar-refractivity contribution is -0.384. The molecule has 1 aromatic heterocycles. The van der Waals surface area contributed by atoms with E-state index in [4.69, 9.17) is 4.42 Å². The van der Waals surface area contributed by atoms with Crippen LogP contribution in [0.2, 0.25) is 0 Å². The summed E-state index contributed by atoms with van der Waals surface area (Å²) in [6.45, 7) is 6.26. The molecule has 0 atom stereocenters. The smallest absolute Gasteiger partial charge is 0.296 e. The van der Waals surface area contributed by atoms with Crippen molar-refractivity contribution >= 4 is 22.8 Å². The van der Waals surface area contributed by atoms with Crippen LogP contribution in [0.15, 0.2) is 22.6 Å². The highest BCUT2D eigenvalue weighted by molar-refractivity contribution is 5.77. The molecule has 0 unspecified atom stereocenters. The number of hydrogen-bond donors (Lipinski definition) is 1. The van der Waals surface area contributed by atoms with Gasteiger partial charge in [-0.25, -0.2) is 0 Å². The first-order valence-corrected chi connectivity index (χ1v) is 6.30. The Morgan fingerprint density at radius 1 is 1.42 bits per heavy atom. The average molecular weight is 263 g/mol. The van der Waals surface area contributed by atoms with E-state index < -0.39 is 4.92 Å². The van der Waals surface area contributed by atoms with Gasteiger partial charge < -0.3 is 9.73 Å². The Kier molecular flexibility index (Phi) is 3.42. The lowest BCUT2D eigenvalue weighted by atomic mass is 9.96. The summed E-state index contributed by atoms with van der Waals surface area (Å²) in [6, 6.07) is 4.80. The van der Waals surface area contributed by atoms with E-state index in [0.717, 1.165) is 12.8 Å². The van der Waals surface area contributed by atoms with Crippen molar-refractivity contribution in [3.63, 3.8) is 0 Å². The number of aromatic nitrogens is 1. The van der Waals surface area contributed by atoms with Crippen LogP contribution in [0, 0.1) is 10.1 Å². The molecule has 1 aromatic carbocycles. The van der Waals surface area contributed by atoms with Crippen LogP contribution in [-0.4, -0.2) is 15.4 Å². The first-order chi connectivity index (χ1) is 8.97. The monoisotopic (exact) mass is 263 g/mol. The summed E-state index contributed by atoms with van der Waals surface area (Å²) in [4.78, 5) is 14.5. The quantitative estimate of drug-likeness (QED) is 0.656. The fourth-order valence-corrected chi connectivity index (χ4v) is 1.77. The van der Waals surface area contributed by atoms with Gasteiger partial charge in [0.25, 0.3) is 11.7 Å². The van der Waals surface area contributed by atoms with Crippen molar-refractivity contribution < 1.29 is 9.34 Å². The highest BCUT2D eigenvalue weighted by atomic mass is 16.6. The van der Waals surface area contributed by atoms with Gasteiger partial charge >= 0.3 is 0 Å². The molecule has 0 bridgehead atoms.